The Kier molecular flexibility index (Phi) is 5.23. The molecule has 1 N–H and O–H groups in total. The second-order valence-electron chi connectivity index (χ2n) is 6.40. The van der Waals surface area contributed by atoms with Crippen molar-refractivity contribution >= 4 is 5.91 Å². The summed E-state index contributed by atoms with van der Waals surface area (Å²) in [4.78, 5) is 16.6. The molecule has 1 aromatic carbocycles. The predicted octanol–water partition coefficient (Wildman–Crippen LogP) is 1.77. The number of rotatable bonds is 6. The number of nitrogens with one attached hydrogen (secondary N) is 1. The molecule has 0 radical (unpaired) electrons. The zero-order chi connectivity index (χ0) is 17.8. The number of likely N-dealkylation sites (N-methyl/N-ethyl adjacent to an activating group) is 1. The van der Waals surface area contributed by atoms with Crippen LogP contribution in [-0.4, -0.2) is 66.2 Å². The molecule has 1 saturated heterocycles. The number of likely N-dealkylation sites (tertiary alicyclic amines) is 1. The van der Waals surface area contributed by atoms with Crippen molar-refractivity contribution in [1.29, 1.82) is 0 Å². The highest BCUT2D eigenvalue weighted by Crippen LogP contribution is 2.20. The standard InChI is InChI=1S/C18H24N4O3/c1-21(2)14-7-8-22(11-14)18(23)17-9-13(19-20-17)12-25-16-6-4-5-15(10-16)24-3/h4-6,9-10,14H,7-8,11-12H2,1-3H3,(H,19,20). The number of hydrogen-bond acceptors (Lipinski definition) is 5. The van der Waals surface area contributed by atoms with Crippen LogP contribution in [0, 0.1) is 0 Å². The molecule has 0 aliphatic carbocycles. The number of aromatic amines is 1. The fourth-order valence-electron chi connectivity index (χ4n) is 2.91. The van der Waals surface area contributed by atoms with Gasteiger partial charge in [0.05, 0.1) is 12.8 Å². The van der Waals surface area contributed by atoms with E-state index in [1.807, 2.05) is 43.3 Å². The summed E-state index contributed by atoms with van der Waals surface area (Å²) in [5.41, 5.74) is 1.19. The van der Waals surface area contributed by atoms with Gasteiger partial charge in [-0.15, -0.1) is 0 Å². The summed E-state index contributed by atoms with van der Waals surface area (Å²) in [6.07, 6.45) is 0.995. The Bertz CT molecular complexity index is 729. The molecule has 134 valence electrons. The molecule has 1 aliphatic rings. The van der Waals surface area contributed by atoms with Crippen LogP contribution in [0.1, 0.15) is 22.6 Å². The first-order chi connectivity index (χ1) is 12.1. The average Bonchev–Trinajstić information content (AvgIpc) is 3.29. The Labute approximate surface area is 147 Å². The Balaban J connectivity index is 1.57. The zero-order valence-electron chi connectivity index (χ0n) is 14.9. The van der Waals surface area contributed by atoms with Crippen LogP contribution in [0.2, 0.25) is 0 Å². The van der Waals surface area contributed by atoms with Crippen LogP contribution in [-0.2, 0) is 6.61 Å². The van der Waals surface area contributed by atoms with Gasteiger partial charge in [-0.05, 0) is 38.7 Å². The summed E-state index contributed by atoms with van der Waals surface area (Å²) < 4.78 is 10.9. The van der Waals surface area contributed by atoms with Gasteiger partial charge in [-0.2, -0.15) is 5.10 Å². The first-order valence-corrected chi connectivity index (χ1v) is 8.33. The quantitative estimate of drug-likeness (QED) is 0.865. The summed E-state index contributed by atoms with van der Waals surface area (Å²) in [5.74, 6) is 1.41. The van der Waals surface area contributed by atoms with Gasteiger partial charge < -0.3 is 19.3 Å². The SMILES string of the molecule is COc1cccc(OCc2cc(C(=O)N3CCC(N(C)C)C3)n[nH]2)c1. The third-order valence-corrected chi connectivity index (χ3v) is 4.47. The largest absolute Gasteiger partial charge is 0.497 e. The van der Waals surface area contributed by atoms with Crippen molar-refractivity contribution in [3.63, 3.8) is 0 Å². The molecule has 0 bridgehead atoms. The third-order valence-electron chi connectivity index (χ3n) is 4.47. The Morgan fingerprint density at radius 2 is 2.16 bits per heavy atom. The van der Waals surface area contributed by atoms with Gasteiger partial charge >= 0.3 is 0 Å². The van der Waals surface area contributed by atoms with E-state index >= 15 is 0 Å². The first-order valence-electron chi connectivity index (χ1n) is 8.33. The lowest BCUT2D eigenvalue weighted by Gasteiger charge is -2.19. The van der Waals surface area contributed by atoms with Crippen LogP contribution in [0.25, 0.3) is 0 Å². The average molecular weight is 344 g/mol. The number of methoxy groups -OCH3 is 1. The van der Waals surface area contributed by atoms with Gasteiger partial charge in [-0.1, -0.05) is 6.07 Å². The minimum Gasteiger partial charge on any atom is -0.497 e. The summed E-state index contributed by atoms with van der Waals surface area (Å²) in [7, 11) is 5.70. The van der Waals surface area contributed by atoms with Gasteiger partial charge in [0.15, 0.2) is 5.69 Å². The van der Waals surface area contributed by atoms with Crippen molar-refractivity contribution in [3.05, 3.63) is 41.7 Å². The monoisotopic (exact) mass is 344 g/mol. The highest BCUT2D eigenvalue weighted by atomic mass is 16.5. The fourth-order valence-corrected chi connectivity index (χ4v) is 2.91. The molecular formula is C18H24N4O3. The number of H-pyrrole nitrogens is 1. The highest BCUT2D eigenvalue weighted by molar-refractivity contribution is 5.92. The summed E-state index contributed by atoms with van der Waals surface area (Å²) in [5, 5.41) is 7.02. The topological polar surface area (TPSA) is 70.7 Å². The van der Waals surface area contributed by atoms with Gasteiger partial charge in [-0.3, -0.25) is 9.89 Å². The molecule has 7 nitrogen and oxygen atoms in total. The van der Waals surface area contributed by atoms with Crippen molar-refractivity contribution in [3.8, 4) is 11.5 Å². The molecule has 1 unspecified atom stereocenters. The molecule has 25 heavy (non-hydrogen) atoms. The smallest absolute Gasteiger partial charge is 0.274 e. The molecule has 2 aromatic rings. The lowest BCUT2D eigenvalue weighted by molar-refractivity contribution is 0.0777. The number of aromatic nitrogens is 2. The molecule has 1 aromatic heterocycles. The van der Waals surface area contributed by atoms with E-state index in [1.165, 1.54) is 0 Å². The third kappa shape index (κ3) is 4.11. The number of benzene rings is 1. The Morgan fingerprint density at radius 1 is 1.36 bits per heavy atom. The number of carbonyl (C=O) groups is 1. The van der Waals surface area contributed by atoms with Crippen molar-refractivity contribution in [2.24, 2.45) is 0 Å². The molecule has 2 heterocycles. The van der Waals surface area contributed by atoms with Crippen molar-refractivity contribution in [2.45, 2.75) is 19.1 Å². The number of amides is 1. The molecule has 1 aliphatic heterocycles. The zero-order valence-corrected chi connectivity index (χ0v) is 14.9. The van der Waals surface area contributed by atoms with Crippen molar-refractivity contribution in [2.75, 3.05) is 34.3 Å². The lowest BCUT2D eigenvalue weighted by atomic mass is 10.2. The van der Waals surface area contributed by atoms with Crippen LogP contribution in [0.4, 0.5) is 0 Å². The van der Waals surface area contributed by atoms with E-state index in [2.05, 4.69) is 15.1 Å². The molecule has 1 atom stereocenters. The van der Waals surface area contributed by atoms with E-state index in [0.717, 1.165) is 31.0 Å². The summed E-state index contributed by atoms with van der Waals surface area (Å²) >= 11 is 0. The maximum Gasteiger partial charge on any atom is 0.274 e. The van der Waals surface area contributed by atoms with E-state index in [9.17, 15) is 4.79 Å². The van der Waals surface area contributed by atoms with Crippen LogP contribution >= 0.6 is 0 Å². The Hall–Kier alpha value is -2.54. The first kappa shape index (κ1) is 17.3. The second kappa shape index (κ2) is 7.57. The molecule has 0 spiro atoms. The van der Waals surface area contributed by atoms with Crippen LogP contribution in [0.15, 0.2) is 30.3 Å². The molecule has 7 heteroatoms. The number of ether oxygens (including phenoxy) is 2. The molecule has 1 fully saturated rings. The molecule has 0 saturated carbocycles. The minimum absolute atomic E-state index is 0.0340. The lowest BCUT2D eigenvalue weighted by Crippen LogP contribution is -2.34. The van der Waals surface area contributed by atoms with E-state index in [1.54, 1.807) is 13.2 Å². The molecule has 1 amide bonds. The van der Waals surface area contributed by atoms with Gasteiger partial charge in [-0.25, -0.2) is 0 Å². The minimum atomic E-state index is -0.0340. The van der Waals surface area contributed by atoms with Crippen molar-refractivity contribution < 1.29 is 14.3 Å². The highest BCUT2D eigenvalue weighted by Gasteiger charge is 2.29. The van der Waals surface area contributed by atoms with Gasteiger partial charge in [0.2, 0.25) is 0 Å². The maximum atomic E-state index is 12.6. The van der Waals surface area contributed by atoms with E-state index in [0.29, 0.717) is 24.1 Å². The van der Waals surface area contributed by atoms with Gasteiger partial charge in [0.1, 0.15) is 18.1 Å². The predicted molar refractivity (Wildman–Crippen MR) is 93.9 cm³/mol. The number of nitrogens with zero attached hydrogens (tertiary/aromatic N) is 3. The molecule has 3 rings (SSSR count). The van der Waals surface area contributed by atoms with E-state index < -0.39 is 0 Å². The number of carbonyl (C=O) groups excluding carboxylic acids is 1. The second-order valence-corrected chi connectivity index (χ2v) is 6.40. The Morgan fingerprint density at radius 3 is 2.88 bits per heavy atom. The molecular weight excluding hydrogens is 320 g/mol. The normalized spacial score (nSPS) is 17.1. The van der Waals surface area contributed by atoms with Gasteiger partial charge in [0.25, 0.3) is 5.91 Å². The van der Waals surface area contributed by atoms with E-state index in [4.69, 9.17) is 9.47 Å². The van der Waals surface area contributed by atoms with Crippen molar-refractivity contribution in [1.82, 2.24) is 20.0 Å². The summed E-state index contributed by atoms with van der Waals surface area (Å²) in [6.45, 7) is 1.83. The number of hydrogen-bond donors (Lipinski definition) is 1. The van der Waals surface area contributed by atoms with Crippen LogP contribution in [0.5, 0.6) is 11.5 Å². The van der Waals surface area contributed by atoms with Gasteiger partial charge in [0, 0.05) is 25.2 Å². The fraction of sp³-hybridized carbons (Fsp3) is 0.444. The summed E-state index contributed by atoms with van der Waals surface area (Å²) in [6, 6.07) is 9.57. The van der Waals surface area contributed by atoms with Crippen LogP contribution in [0.3, 0.4) is 0 Å². The van der Waals surface area contributed by atoms with Crippen LogP contribution < -0.4 is 9.47 Å². The maximum absolute atomic E-state index is 12.6. The van der Waals surface area contributed by atoms with E-state index in [-0.39, 0.29) is 5.91 Å².